The van der Waals surface area contributed by atoms with Gasteiger partial charge < -0.3 is 4.43 Å². The summed E-state index contributed by atoms with van der Waals surface area (Å²) < 4.78 is 6.12. The summed E-state index contributed by atoms with van der Waals surface area (Å²) in [5, 5.41) is 0. The summed E-state index contributed by atoms with van der Waals surface area (Å²) in [7, 11) is -1.54. The number of rotatable bonds is 2. The van der Waals surface area contributed by atoms with E-state index < -0.39 is 7.59 Å². The zero-order valence-electron chi connectivity index (χ0n) is 13.9. The summed E-state index contributed by atoms with van der Waals surface area (Å²) in [5.74, 6) is 0. The number of hydrogen-bond acceptors (Lipinski definition) is 1. The van der Waals surface area contributed by atoms with E-state index in [-0.39, 0.29) is 9.28 Å². The molecule has 0 saturated carbocycles. The van der Waals surface area contributed by atoms with E-state index in [2.05, 4.69) is 55.4 Å². The number of hydrogen-bond donors (Lipinski definition) is 0. The topological polar surface area (TPSA) is 9.23 Å². The Labute approximate surface area is 118 Å². The van der Waals surface area contributed by atoms with Crippen LogP contribution in [0.25, 0.3) is 0 Å². The molecule has 0 N–H and O–H groups in total. The molecule has 0 spiro atoms. The van der Waals surface area contributed by atoms with Gasteiger partial charge in [0.15, 0.2) is 9.28 Å². The van der Waals surface area contributed by atoms with Crippen LogP contribution in [-0.2, 0) is 4.43 Å². The van der Waals surface area contributed by atoms with Gasteiger partial charge in [-0.15, -0.1) is 0 Å². The van der Waals surface area contributed by atoms with E-state index in [1.165, 1.54) is 12.5 Å². The van der Waals surface area contributed by atoms with Gasteiger partial charge in [0.05, 0.1) is 7.59 Å². The first kappa shape index (κ1) is 16.4. The lowest BCUT2D eigenvalue weighted by Gasteiger charge is -2.52. The zero-order valence-corrected chi connectivity index (χ0v) is 16.3. The van der Waals surface area contributed by atoms with Crippen molar-refractivity contribution < 1.29 is 4.43 Å². The van der Waals surface area contributed by atoms with Crippen molar-refractivity contribution in [2.45, 2.75) is 78.9 Å². The molecule has 1 nitrogen and oxygen atoms in total. The second kappa shape index (κ2) is 5.41. The van der Waals surface area contributed by atoms with Gasteiger partial charge in [0.1, 0.15) is 0 Å². The van der Waals surface area contributed by atoms with Crippen LogP contribution in [0.1, 0.15) is 61.8 Å². The molecule has 0 bridgehead atoms. The molecule has 108 valence electrons. The van der Waals surface area contributed by atoms with Crippen LogP contribution in [0.3, 0.4) is 0 Å². The van der Waals surface area contributed by atoms with Crippen molar-refractivity contribution >= 4 is 16.9 Å². The fraction of sp³-hybridized carbons (Fsp3) is 1.00. The van der Waals surface area contributed by atoms with E-state index in [0.717, 1.165) is 17.7 Å². The van der Waals surface area contributed by atoms with Crippen molar-refractivity contribution in [1.82, 2.24) is 0 Å². The van der Waals surface area contributed by atoms with Crippen LogP contribution in [0.4, 0.5) is 0 Å². The van der Waals surface area contributed by atoms with Crippen molar-refractivity contribution in [3.63, 3.8) is 0 Å². The van der Waals surface area contributed by atoms with Gasteiger partial charge in [-0.25, -0.2) is 0 Å². The van der Waals surface area contributed by atoms with E-state index in [4.69, 9.17) is 4.43 Å². The summed E-state index contributed by atoms with van der Waals surface area (Å²) >= 11 is 0. The molecule has 0 amide bonds. The van der Waals surface area contributed by atoms with Crippen LogP contribution >= 0.6 is 0 Å². The molecule has 0 aromatic heterocycles. The largest absolute Gasteiger partial charge is 0.427 e. The average molecular weight is 287 g/mol. The van der Waals surface area contributed by atoms with Crippen molar-refractivity contribution in [3.05, 3.63) is 0 Å². The van der Waals surface area contributed by atoms with E-state index in [9.17, 15) is 0 Å². The Morgan fingerprint density at radius 3 is 1.67 bits per heavy atom. The van der Waals surface area contributed by atoms with Crippen molar-refractivity contribution in [1.29, 1.82) is 0 Å². The summed E-state index contributed by atoms with van der Waals surface area (Å²) in [4.78, 5) is 0. The molecule has 1 fully saturated rings. The van der Waals surface area contributed by atoms with Crippen LogP contribution in [-0.4, -0.2) is 23.5 Å². The van der Waals surface area contributed by atoms with Crippen molar-refractivity contribution in [2.75, 3.05) is 6.61 Å². The molecular weight excluding hydrogens is 252 g/mol. The maximum absolute atomic E-state index is 6.12. The van der Waals surface area contributed by atoms with Gasteiger partial charge in [-0.05, 0) is 28.3 Å². The second-order valence-electron chi connectivity index (χ2n) is 8.56. The quantitative estimate of drug-likeness (QED) is 0.687. The molecular formula is C15H34OSi2. The molecule has 1 rings (SSSR count). The van der Waals surface area contributed by atoms with E-state index in [1.54, 1.807) is 0 Å². The Balaban J connectivity index is 3.10. The molecule has 18 heavy (non-hydrogen) atoms. The Morgan fingerprint density at radius 1 is 0.944 bits per heavy atom. The Bertz CT molecular complexity index is 247. The van der Waals surface area contributed by atoms with Crippen LogP contribution in [0, 0.1) is 10.8 Å². The SMILES string of the molecule is CC(C(C)(C)C)[Si]1(C(C)C(C)(C)C)CCCO[SiH2]1. The monoisotopic (exact) mass is 286 g/mol. The Morgan fingerprint density at radius 2 is 1.39 bits per heavy atom. The third-order valence-corrected chi connectivity index (χ3v) is 20.1. The predicted octanol–water partition coefficient (Wildman–Crippen LogP) is 4.31. The van der Waals surface area contributed by atoms with Crippen molar-refractivity contribution in [2.24, 2.45) is 10.8 Å². The molecule has 1 aliphatic heterocycles. The lowest BCUT2D eigenvalue weighted by atomic mass is 9.92. The van der Waals surface area contributed by atoms with Gasteiger partial charge in [0.2, 0.25) is 0 Å². The van der Waals surface area contributed by atoms with E-state index in [1.807, 2.05) is 0 Å². The Kier molecular flexibility index (Phi) is 4.94. The highest BCUT2D eigenvalue weighted by atomic mass is 29.2. The van der Waals surface area contributed by atoms with Crippen LogP contribution < -0.4 is 0 Å². The maximum Gasteiger partial charge on any atom is 0.151 e. The lowest BCUT2D eigenvalue weighted by Crippen LogP contribution is -2.58. The molecule has 2 unspecified atom stereocenters. The molecule has 0 aliphatic carbocycles. The molecule has 1 aliphatic rings. The summed E-state index contributed by atoms with van der Waals surface area (Å²) in [5.41, 5.74) is 2.65. The molecule has 1 saturated heterocycles. The van der Waals surface area contributed by atoms with Crippen LogP contribution in [0.15, 0.2) is 0 Å². The summed E-state index contributed by atoms with van der Waals surface area (Å²) in [6, 6.07) is 1.52. The first-order chi connectivity index (χ1) is 8.02. The van der Waals surface area contributed by atoms with Gasteiger partial charge in [-0.1, -0.05) is 61.4 Å². The minimum atomic E-state index is -1.24. The summed E-state index contributed by atoms with van der Waals surface area (Å²) in [6.07, 6.45) is 1.32. The fourth-order valence-electron chi connectivity index (χ4n) is 3.62. The van der Waals surface area contributed by atoms with Crippen LogP contribution in [0.5, 0.6) is 0 Å². The highest BCUT2D eigenvalue weighted by Gasteiger charge is 2.52. The first-order valence-electron chi connectivity index (χ1n) is 7.59. The molecule has 1 heterocycles. The third kappa shape index (κ3) is 3.28. The highest BCUT2D eigenvalue weighted by Crippen LogP contribution is 2.52. The van der Waals surface area contributed by atoms with Gasteiger partial charge in [0, 0.05) is 6.61 Å². The first-order valence-corrected chi connectivity index (χ1v) is 12.9. The zero-order chi connectivity index (χ0) is 14.2. The lowest BCUT2D eigenvalue weighted by molar-refractivity contribution is 0.307. The predicted molar refractivity (Wildman–Crippen MR) is 87.4 cm³/mol. The van der Waals surface area contributed by atoms with Gasteiger partial charge >= 0.3 is 0 Å². The standard InChI is InChI=1S/C15H34OSi2/c1-12(14(3,4)5)18(11-9-10-16-17-18)13(2)15(6,7)8/h12-13H,9-11,17H2,1-8H3. The molecule has 0 aromatic rings. The third-order valence-electron chi connectivity index (χ3n) is 5.62. The molecule has 3 heteroatoms. The van der Waals surface area contributed by atoms with Crippen LogP contribution in [0.2, 0.25) is 17.1 Å². The summed E-state index contributed by atoms with van der Waals surface area (Å²) in [6.45, 7) is 20.7. The fourth-order valence-corrected chi connectivity index (χ4v) is 18.8. The van der Waals surface area contributed by atoms with Gasteiger partial charge in [-0.3, -0.25) is 0 Å². The molecule has 2 atom stereocenters. The molecule has 0 radical (unpaired) electrons. The Hall–Kier alpha value is 0.394. The minimum Gasteiger partial charge on any atom is -0.427 e. The normalized spacial score (nSPS) is 31.3. The smallest absolute Gasteiger partial charge is 0.151 e. The average Bonchev–Trinajstić information content (AvgIpc) is 2.25. The maximum atomic E-state index is 6.12. The van der Waals surface area contributed by atoms with Gasteiger partial charge in [0.25, 0.3) is 0 Å². The van der Waals surface area contributed by atoms with E-state index >= 15 is 0 Å². The van der Waals surface area contributed by atoms with Gasteiger partial charge in [-0.2, -0.15) is 0 Å². The van der Waals surface area contributed by atoms with Crippen molar-refractivity contribution in [3.8, 4) is 0 Å². The highest BCUT2D eigenvalue weighted by molar-refractivity contribution is 7.24. The minimum absolute atomic E-state index is 0.300. The van der Waals surface area contributed by atoms with E-state index in [0.29, 0.717) is 10.8 Å². The second-order valence-corrected chi connectivity index (χ2v) is 18.8. The molecule has 0 aromatic carbocycles.